The maximum atomic E-state index is 15.3. The fourth-order valence-electron chi connectivity index (χ4n) is 5.65. The summed E-state index contributed by atoms with van der Waals surface area (Å²) in [6.07, 6.45) is 8.30. The number of piperidine rings is 1. The molecule has 7 rings (SSSR count). The number of amides is 1. The number of carbonyl (C=O) groups excluding carboxylic acids is 1. The van der Waals surface area contributed by atoms with Gasteiger partial charge in [0.15, 0.2) is 11.5 Å². The van der Waals surface area contributed by atoms with Gasteiger partial charge in [0, 0.05) is 55.7 Å². The molecule has 1 saturated carbocycles. The van der Waals surface area contributed by atoms with Crippen molar-refractivity contribution < 1.29 is 23.4 Å². The van der Waals surface area contributed by atoms with E-state index in [4.69, 9.17) is 14.2 Å². The summed E-state index contributed by atoms with van der Waals surface area (Å²) in [6, 6.07) is 18.2. The van der Waals surface area contributed by atoms with Gasteiger partial charge in [-0.2, -0.15) is 0 Å². The molecule has 234 valence electrons. The molecule has 1 amide bonds. The average Bonchev–Trinajstić information content (AvgIpc) is 3.84. The fourth-order valence-corrected chi connectivity index (χ4v) is 5.65. The number of hydrogen-bond donors (Lipinski definition) is 1. The summed E-state index contributed by atoms with van der Waals surface area (Å²) in [7, 11) is 1.56. The number of rotatable bonds is 10. The topological polar surface area (TPSA) is 104 Å². The van der Waals surface area contributed by atoms with Gasteiger partial charge in [-0.1, -0.05) is 18.7 Å². The lowest BCUT2D eigenvalue weighted by molar-refractivity contribution is -0.127. The largest absolute Gasteiger partial charge is 0.493 e. The minimum absolute atomic E-state index is 0.0814. The zero-order valence-corrected chi connectivity index (χ0v) is 25.4. The first kappa shape index (κ1) is 29.3. The van der Waals surface area contributed by atoms with E-state index in [0.717, 1.165) is 5.69 Å². The standard InChI is InChI=1S/C35H33FN6O4/c1-3-34(43)41-15-12-25(13-16-41)45-32-19-27-30(20-31(32)44-2)37-21-38-35(27)39-29-11-10-26(18-28(29)36)46-33-14-17-42(40-33)24-8-6-23(7-9-24)22-4-5-22/h3,6-11,14,17-22,25H,1,4-5,12-13,15-16H2,2H3,(H,37,38,39). The number of methoxy groups -OCH3 is 1. The number of likely N-dealkylation sites (tertiary alicyclic amines) is 1. The molecule has 1 aliphatic heterocycles. The Morgan fingerprint density at radius 3 is 2.52 bits per heavy atom. The molecule has 0 spiro atoms. The molecule has 0 bridgehead atoms. The molecule has 1 aliphatic carbocycles. The van der Waals surface area contributed by atoms with E-state index in [-0.39, 0.29) is 17.7 Å². The first-order chi connectivity index (χ1) is 22.5. The predicted molar refractivity (Wildman–Crippen MR) is 172 cm³/mol. The third-order valence-electron chi connectivity index (χ3n) is 8.33. The maximum Gasteiger partial charge on any atom is 0.245 e. The molecule has 11 heteroatoms. The number of benzene rings is 3. The SMILES string of the molecule is C=CC(=O)N1CCC(Oc2cc3c(Nc4ccc(Oc5ccn(-c6ccc(C7CC7)cc6)n5)cc4F)ncnc3cc2OC)CC1. The van der Waals surface area contributed by atoms with Gasteiger partial charge in [-0.3, -0.25) is 4.79 Å². The van der Waals surface area contributed by atoms with E-state index >= 15 is 4.39 Å². The lowest BCUT2D eigenvalue weighted by Crippen LogP contribution is -2.41. The third kappa shape index (κ3) is 6.21. The number of halogens is 1. The van der Waals surface area contributed by atoms with Crippen LogP contribution in [0.4, 0.5) is 15.9 Å². The molecule has 0 atom stereocenters. The zero-order valence-electron chi connectivity index (χ0n) is 25.4. The number of hydrogen-bond acceptors (Lipinski definition) is 8. The van der Waals surface area contributed by atoms with Crippen molar-refractivity contribution in [2.45, 2.75) is 37.7 Å². The molecular formula is C35H33FN6O4. The van der Waals surface area contributed by atoms with E-state index in [1.54, 1.807) is 47.0 Å². The monoisotopic (exact) mass is 620 g/mol. The van der Waals surface area contributed by atoms with Crippen LogP contribution < -0.4 is 19.5 Å². The number of aromatic nitrogens is 4. The Balaban J connectivity index is 1.05. The molecule has 1 N–H and O–H groups in total. The number of carbonyl (C=O) groups is 1. The highest BCUT2D eigenvalue weighted by atomic mass is 19.1. The Labute approximate surface area is 265 Å². The molecule has 1 saturated heterocycles. The normalized spacial score (nSPS) is 15.0. The number of ether oxygens (including phenoxy) is 3. The van der Waals surface area contributed by atoms with Crippen LogP contribution in [0.25, 0.3) is 16.6 Å². The smallest absolute Gasteiger partial charge is 0.245 e. The highest BCUT2D eigenvalue weighted by Gasteiger charge is 2.25. The minimum Gasteiger partial charge on any atom is -0.493 e. The van der Waals surface area contributed by atoms with E-state index < -0.39 is 5.82 Å². The molecule has 3 heterocycles. The van der Waals surface area contributed by atoms with Gasteiger partial charge in [0.05, 0.1) is 24.0 Å². The average molecular weight is 621 g/mol. The van der Waals surface area contributed by atoms with Crippen molar-refractivity contribution in [3.63, 3.8) is 0 Å². The van der Waals surface area contributed by atoms with Gasteiger partial charge in [-0.25, -0.2) is 19.0 Å². The minimum atomic E-state index is -0.523. The Bertz CT molecular complexity index is 1900. The first-order valence-electron chi connectivity index (χ1n) is 15.3. The Kier molecular flexibility index (Phi) is 7.96. The van der Waals surface area contributed by atoms with Gasteiger partial charge in [0.25, 0.3) is 0 Å². The van der Waals surface area contributed by atoms with E-state index in [9.17, 15) is 4.79 Å². The number of nitrogens with one attached hydrogen (secondary N) is 1. The highest BCUT2D eigenvalue weighted by molar-refractivity contribution is 5.93. The van der Waals surface area contributed by atoms with Crippen molar-refractivity contribution in [3.05, 3.63) is 97.2 Å². The molecule has 46 heavy (non-hydrogen) atoms. The number of anilines is 2. The van der Waals surface area contributed by atoms with Crippen molar-refractivity contribution in [1.29, 1.82) is 0 Å². The van der Waals surface area contributed by atoms with E-state index in [1.807, 2.05) is 18.3 Å². The third-order valence-corrected chi connectivity index (χ3v) is 8.33. The molecule has 2 fully saturated rings. The van der Waals surface area contributed by atoms with Crippen LogP contribution in [0, 0.1) is 5.82 Å². The first-order valence-corrected chi connectivity index (χ1v) is 15.3. The van der Waals surface area contributed by atoms with Gasteiger partial charge in [0.2, 0.25) is 11.8 Å². The Hall–Kier alpha value is -5.45. The van der Waals surface area contributed by atoms with Crippen molar-refractivity contribution in [1.82, 2.24) is 24.6 Å². The summed E-state index contributed by atoms with van der Waals surface area (Å²) in [5, 5.41) is 8.22. The van der Waals surface area contributed by atoms with Crippen LogP contribution in [0.15, 0.2) is 85.8 Å². The molecular weight excluding hydrogens is 587 g/mol. The Morgan fingerprint density at radius 1 is 1.00 bits per heavy atom. The van der Waals surface area contributed by atoms with Gasteiger partial charge in [-0.15, -0.1) is 5.10 Å². The Morgan fingerprint density at radius 2 is 1.80 bits per heavy atom. The van der Waals surface area contributed by atoms with Gasteiger partial charge < -0.3 is 24.4 Å². The summed E-state index contributed by atoms with van der Waals surface area (Å²) in [6.45, 7) is 4.73. The van der Waals surface area contributed by atoms with E-state index in [0.29, 0.717) is 71.7 Å². The second-order valence-electron chi connectivity index (χ2n) is 11.4. The summed E-state index contributed by atoms with van der Waals surface area (Å²) in [4.78, 5) is 22.5. The predicted octanol–water partition coefficient (Wildman–Crippen LogP) is 6.93. The molecule has 0 radical (unpaired) electrons. The van der Waals surface area contributed by atoms with Crippen LogP contribution in [-0.2, 0) is 4.79 Å². The van der Waals surface area contributed by atoms with E-state index in [2.05, 4.69) is 39.1 Å². The zero-order chi connectivity index (χ0) is 31.6. The van der Waals surface area contributed by atoms with Crippen molar-refractivity contribution in [2.75, 3.05) is 25.5 Å². The molecule has 0 unspecified atom stereocenters. The summed E-state index contributed by atoms with van der Waals surface area (Å²) < 4.78 is 34.9. The number of nitrogens with zero attached hydrogens (tertiary/aromatic N) is 5. The molecule has 5 aromatic rings. The summed E-state index contributed by atoms with van der Waals surface area (Å²) in [5.41, 5.74) is 3.10. The quantitative estimate of drug-likeness (QED) is 0.168. The van der Waals surface area contributed by atoms with Crippen molar-refractivity contribution in [3.8, 4) is 28.8 Å². The van der Waals surface area contributed by atoms with E-state index in [1.165, 1.54) is 36.9 Å². The van der Waals surface area contributed by atoms with Crippen LogP contribution in [0.3, 0.4) is 0 Å². The van der Waals surface area contributed by atoms with Crippen LogP contribution in [0.5, 0.6) is 23.1 Å². The lowest BCUT2D eigenvalue weighted by Gasteiger charge is -2.31. The van der Waals surface area contributed by atoms with Crippen LogP contribution in [-0.4, -0.2) is 56.9 Å². The highest BCUT2D eigenvalue weighted by Crippen LogP contribution is 2.40. The molecule has 10 nitrogen and oxygen atoms in total. The summed E-state index contributed by atoms with van der Waals surface area (Å²) in [5.74, 6) is 2.20. The fraction of sp³-hybridized carbons (Fsp3) is 0.257. The molecule has 3 aromatic carbocycles. The maximum absolute atomic E-state index is 15.3. The van der Waals surface area contributed by atoms with Crippen LogP contribution in [0.2, 0.25) is 0 Å². The second-order valence-corrected chi connectivity index (χ2v) is 11.4. The van der Waals surface area contributed by atoms with Crippen molar-refractivity contribution >= 4 is 28.3 Å². The van der Waals surface area contributed by atoms with Gasteiger partial charge in [0.1, 0.15) is 29.8 Å². The van der Waals surface area contributed by atoms with Crippen LogP contribution >= 0.6 is 0 Å². The summed E-state index contributed by atoms with van der Waals surface area (Å²) >= 11 is 0. The molecule has 2 aliphatic rings. The van der Waals surface area contributed by atoms with Gasteiger partial charge >= 0.3 is 0 Å². The number of fused-ring (bicyclic) bond motifs is 1. The lowest BCUT2D eigenvalue weighted by atomic mass is 10.1. The van der Waals surface area contributed by atoms with Crippen molar-refractivity contribution in [2.24, 2.45) is 0 Å². The second kappa shape index (κ2) is 12.5. The molecule has 2 aromatic heterocycles. The van der Waals surface area contributed by atoms with Crippen LogP contribution in [0.1, 0.15) is 37.2 Å². The van der Waals surface area contributed by atoms with Gasteiger partial charge in [-0.05, 0) is 60.7 Å².